The van der Waals surface area contributed by atoms with Crippen molar-refractivity contribution >= 4 is 90.2 Å². The Balaban J connectivity index is 1.20. The van der Waals surface area contributed by atoms with Gasteiger partial charge in [-0.2, -0.15) is 0 Å². The van der Waals surface area contributed by atoms with Gasteiger partial charge in [0.1, 0.15) is 5.58 Å². The zero-order valence-corrected chi connectivity index (χ0v) is 33.3. The minimum atomic E-state index is -0.115. The van der Waals surface area contributed by atoms with E-state index in [1.165, 1.54) is 49.5 Å². The summed E-state index contributed by atoms with van der Waals surface area (Å²) >= 11 is 0. The Morgan fingerprint density at radius 2 is 0.965 bits per heavy atom. The van der Waals surface area contributed by atoms with Gasteiger partial charge in [-0.05, 0) is 106 Å². The molecule has 4 nitrogen and oxygen atoms in total. The van der Waals surface area contributed by atoms with Crippen molar-refractivity contribution in [3.8, 4) is 5.69 Å². The van der Waals surface area contributed by atoms with Crippen molar-refractivity contribution < 1.29 is 4.42 Å². The van der Waals surface area contributed by atoms with Crippen molar-refractivity contribution in [2.75, 3.05) is 9.80 Å². The molecule has 0 atom stereocenters. The zero-order chi connectivity index (χ0) is 38.8. The second-order valence-corrected chi connectivity index (χ2v) is 17.8. The molecule has 0 amide bonds. The lowest BCUT2D eigenvalue weighted by Crippen LogP contribution is -2.61. The fraction of sp³-hybridized carbons (Fsp3) is 0.154. The van der Waals surface area contributed by atoms with E-state index in [0.717, 1.165) is 50.8 Å². The first kappa shape index (κ1) is 33.8. The summed E-state index contributed by atoms with van der Waals surface area (Å²) in [6, 6.07) is 58.3. The van der Waals surface area contributed by atoms with Crippen LogP contribution in [0.5, 0.6) is 0 Å². The van der Waals surface area contributed by atoms with E-state index < -0.39 is 0 Å². The summed E-state index contributed by atoms with van der Waals surface area (Å²) in [5.41, 5.74) is 17.5. The molecule has 5 heteroatoms. The summed E-state index contributed by atoms with van der Waals surface area (Å²) in [5, 5.41) is 3.63. The predicted molar refractivity (Wildman–Crippen MR) is 242 cm³/mol. The fourth-order valence-electron chi connectivity index (χ4n) is 9.46. The maximum absolute atomic E-state index is 7.07. The molecule has 0 saturated carbocycles. The molecule has 0 aliphatic carbocycles. The van der Waals surface area contributed by atoms with Crippen LogP contribution in [0.15, 0.2) is 162 Å². The highest BCUT2D eigenvalue weighted by Gasteiger charge is 2.46. The summed E-state index contributed by atoms with van der Waals surface area (Å²) in [6.07, 6.45) is 0. The third-order valence-electron chi connectivity index (χ3n) is 12.3. The van der Waals surface area contributed by atoms with Crippen LogP contribution in [-0.4, -0.2) is 11.3 Å². The monoisotopic (exact) mass is 737 g/mol. The van der Waals surface area contributed by atoms with Gasteiger partial charge in [0.2, 0.25) is 0 Å². The molecule has 0 radical (unpaired) electrons. The number of fused-ring (bicyclic) bond motifs is 9. The van der Waals surface area contributed by atoms with Crippen LogP contribution in [0.1, 0.15) is 52.7 Å². The molecule has 0 spiro atoms. The highest BCUT2D eigenvalue weighted by atomic mass is 16.3. The highest BCUT2D eigenvalue weighted by molar-refractivity contribution is 7.00. The largest absolute Gasteiger partial charge is 0.468 e. The highest BCUT2D eigenvalue weighted by Crippen LogP contribution is 2.47. The van der Waals surface area contributed by atoms with Gasteiger partial charge in [-0.15, -0.1) is 0 Å². The van der Waals surface area contributed by atoms with Gasteiger partial charge in [0.25, 0.3) is 6.71 Å². The second kappa shape index (κ2) is 12.0. The lowest BCUT2D eigenvalue weighted by molar-refractivity contribution is 0.590. The molecule has 0 unspecified atom stereocenters. The predicted octanol–water partition coefficient (Wildman–Crippen LogP) is 12.2. The fourth-order valence-corrected chi connectivity index (χ4v) is 9.46. The van der Waals surface area contributed by atoms with Crippen LogP contribution in [0.4, 0.5) is 34.1 Å². The molecule has 7 aromatic carbocycles. The standard InChI is InChI=1S/C52H44BN3O/c1-51(2,3)33-22-26-35(27-23-33)54-44-19-13-20-45-48(44)53(41-31-30-37(32-46(41)54)55-42-17-10-7-14-38(42)39-15-8-11-18-43(39)55)50-49(40-16-9-12-21-47(40)57-50)56(45)36-28-24-34(25-29-36)52(4,5)6/h7-32H,1-6H3. The molecule has 0 N–H and O–H groups in total. The minimum Gasteiger partial charge on any atom is -0.468 e. The smallest absolute Gasteiger partial charge is 0.297 e. The first-order chi connectivity index (χ1) is 27.6. The zero-order valence-electron chi connectivity index (χ0n) is 33.3. The first-order valence-corrected chi connectivity index (χ1v) is 20.1. The average molecular weight is 738 g/mol. The summed E-state index contributed by atoms with van der Waals surface area (Å²) in [6.45, 7) is 13.5. The Kier molecular flexibility index (Phi) is 7.14. The molecular weight excluding hydrogens is 693 g/mol. The normalized spacial score (nSPS) is 13.7. The number of anilines is 6. The lowest BCUT2D eigenvalue weighted by atomic mass is 9.35. The number of para-hydroxylation sites is 3. The van der Waals surface area contributed by atoms with Gasteiger partial charge in [0.15, 0.2) is 0 Å². The Morgan fingerprint density at radius 3 is 1.56 bits per heavy atom. The van der Waals surface area contributed by atoms with Crippen LogP contribution in [0.25, 0.3) is 38.5 Å². The molecule has 0 fully saturated rings. The number of furan rings is 1. The molecular formula is C52H44BN3O. The Morgan fingerprint density at radius 1 is 0.456 bits per heavy atom. The van der Waals surface area contributed by atoms with E-state index in [0.29, 0.717) is 0 Å². The molecule has 2 aliphatic rings. The van der Waals surface area contributed by atoms with Gasteiger partial charge in [-0.1, -0.05) is 126 Å². The number of hydrogen-bond acceptors (Lipinski definition) is 3. The maximum Gasteiger partial charge on any atom is 0.297 e. The summed E-state index contributed by atoms with van der Waals surface area (Å²) in [5.74, 6) is 0. The quantitative estimate of drug-likeness (QED) is 0.169. The minimum absolute atomic E-state index is 0.0414. The third-order valence-corrected chi connectivity index (χ3v) is 12.3. The van der Waals surface area contributed by atoms with Crippen LogP contribution in [0.2, 0.25) is 0 Å². The number of nitrogens with zero attached hydrogens (tertiary/aromatic N) is 3. The molecule has 276 valence electrons. The number of hydrogen-bond donors (Lipinski definition) is 0. The van der Waals surface area contributed by atoms with Crippen molar-refractivity contribution in [2.24, 2.45) is 0 Å². The topological polar surface area (TPSA) is 24.6 Å². The van der Waals surface area contributed by atoms with Gasteiger partial charge in [0, 0.05) is 50.3 Å². The van der Waals surface area contributed by atoms with E-state index >= 15 is 0 Å². The lowest BCUT2D eigenvalue weighted by Gasteiger charge is -2.42. The van der Waals surface area contributed by atoms with Gasteiger partial charge in [-0.3, -0.25) is 0 Å². The van der Waals surface area contributed by atoms with Gasteiger partial charge in [0.05, 0.1) is 22.4 Å². The van der Waals surface area contributed by atoms with Gasteiger partial charge < -0.3 is 18.8 Å². The number of rotatable bonds is 3. The van der Waals surface area contributed by atoms with Crippen LogP contribution < -0.4 is 26.4 Å². The first-order valence-electron chi connectivity index (χ1n) is 20.1. The second-order valence-electron chi connectivity index (χ2n) is 17.8. The molecule has 57 heavy (non-hydrogen) atoms. The average Bonchev–Trinajstić information content (AvgIpc) is 3.76. The molecule has 11 rings (SSSR count). The van der Waals surface area contributed by atoms with Crippen molar-refractivity contribution in [1.29, 1.82) is 0 Å². The summed E-state index contributed by atoms with van der Waals surface area (Å²) in [4.78, 5) is 4.93. The molecule has 4 heterocycles. The van der Waals surface area contributed by atoms with Gasteiger partial charge in [-0.25, -0.2) is 0 Å². The number of benzene rings is 7. The van der Waals surface area contributed by atoms with E-state index in [-0.39, 0.29) is 17.5 Å². The Bertz CT molecular complexity index is 2990. The number of aromatic nitrogens is 1. The molecule has 9 aromatic rings. The van der Waals surface area contributed by atoms with E-state index in [9.17, 15) is 0 Å². The van der Waals surface area contributed by atoms with E-state index in [2.05, 4.69) is 214 Å². The van der Waals surface area contributed by atoms with Gasteiger partial charge >= 0.3 is 0 Å². The van der Waals surface area contributed by atoms with Crippen LogP contribution in [0, 0.1) is 0 Å². The maximum atomic E-state index is 7.07. The molecule has 0 bridgehead atoms. The van der Waals surface area contributed by atoms with Crippen LogP contribution >= 0.6 is 0 Å². The van der Waals surface area contributed by atoms with E-state index in [1.807, 2.05) is 0 Å². The summed E-state index contributed by atoms with van der Waals surface area (Å²) in [7, 11) is 0. The van der Waals surface area contributed by atoms with Crippen molar-refractivity contribution in [2.45, 2.75) is 52.4 Å². The van der Waals surface area contributed by atoms with Crippen molar-refractivity contribution in [3.63, 3.8) is 0 Å². The molecule has 0 saturated heterocycles. The Hall–Kier alpha value is -6.46. The molecule has 2 aliphatic heterocycles. The Labute approximate surface area is 334 Å². The van der Waals surface area contributed by atoms with Crippen molar-refractivity contribution in [3.05, 3.63) is 169 Å². The van der Waals surface area contributed by atoms with E-state index in [4.69, 9.17) is 4.42 Å². The van der Waals surface area contributed by atoms with Crippen LogP contribution in [-0.2, 0) is 10.8 Å². The summed E-state index contributed by atoms with van der Waals surface area (Å²) < 4.78 is 9.50. The van der Waals surface area contributed by atoms with Crippen molar-refractivity contribution in [1.82, 2.24) is 4.57 Å². The SMILES string of the molecule is CC(C)(C)c1ccc(N2c3cc(-n4c5ccccc5c5ccccc54)ccc3B3c4oc5ccccc5c4N(c4ccc(C(C)(C)C)cc4)c4cccc2c43)cc1. The third kappa shape index (κ3) is 5.01. The molecule has 2 aromatic heterocycles. The van der Waals surface area contributed by atoms with E-state index in [1.54, 1.807) is 0 Å². The van der Waals surface area contributed by atoms with Crippen LogP contribution in [0.3, 0.4) is 0 Å².